The molecule has 0 bridgehead atoms. The van der Waals surface area contributed by atoms with Gasteiger partial charge in [-0.1, -0.05) is 59.9 Å². The fourth-order valence-electron chi connectivity index (χ4n) is 0.930. The van der Waals surface area contributed by atoms with Gasteiger partial charge < -0.3 is 4.74 Å². The second-order valence-corrected chi connectivity index (χ2v) is 5.75. The molecule has 0 radical (unpaired) electrons. The highest BCUT2D eigenvalue weighted by Crippen LogP contribution is 2.12. The predicted molar refractivity (Wildman–Crippen MR) is 70.3 cm³/mol. The Morgan fingerprint density at radius 1 is 1.21 bits per heavy atom. The van der Waals surface area contributed by atoms with Crippen molar-refractivity contribution in [2.75, 3.05) is 11.9 Å². The van der Waals surface area contributed by atoms with Crippen molar-refractivity contribution in [1.29, 1.82) is 0 Å². The number of ether oxygens (including phenoxy) is 1. The summed E-state index contributed by atoms with van der Waals surface area (Å²) in [6.07, 6.45) is 0. The molecule has 0 amide bonds. The third kappa shape index (κ3) is 4.91. The van der Waals surface area contributed by atoms with Gasteiger partial charge in [0, 0.05) is 14.6 Å². The summed E-state index contributed by atoms with van der Waals surface area (Å²) < 4.78 is 6.62. The van der Waals surface area contributed by atoms with E-state index in [1.165, 1.54) is 5.56 Å². The standard InChI is InChI=1S/C10H11Br3O/c11-5-10(13)7-14-6-8-1-3-9(12)4-2-8/h1-4,10H,5-7H2. The van der Waals surface area contributed by atoms with E-state index in [2.05, 4.69) is 59.9 Å². The smallest absolute Gasteiger partial charge is 0.0717 e. The summed E-state index contributed by atoms with van der Waals surface area (Å²) in [6.45, 7) is 1.39. The van der Waals surface area contributed by atoms with E-state index in [0.717, 1.165) is 16.4 Å². The number of hydrogen-bond donors (Lipinski definition) is 0. The summed E-state index contributed by atoms with van der Waals surface area (Å²) in [5.41, 5.74) is 1.20. The molecule has 0 heterocycles. The van der Waals surface area contributed by atoms with E-state index in [0.29, 0.717) is 11.4 Å². The summed E-state index contributed by atoms with van der Waals surface area (Å²) in [6, 6.07) is 8.16. The predicted octanol–water partition coefficient (Wildman–Crippen LogP) is 4.12. The van der Waals surface area contributed by atoms with Gasteiger partial charge in [0.05, 0.1) is 13.2 Å². The summed E-state index contributed by atoms with van der Waals surface area (Å²) >= 11 is 10.3. The third-order valence-electron chi connectivity index (χ3n) is 1.65. The van der Waals surface area contributed by atoms with Crippen LogP contribution in [0.25, 0.3) is 0 Å². The van der Waals surface area contributed by atoms with Gasteiger partial charge in [-0.3, -0.25) is 0 Å². The zero-order valence-corrected chi connectivity index (χ0v) is 12.3. The van der Waals surface area contributed by atoms with E-state index in [1.54, 1.807) is 0 Å². The van der Waals surface area contributed by atoms with Crippen LogP contribution in [-0.4, -0.2) is 16.8 Å². The molecule has 0 spiro atoms. The lowest BCUT2D eigenvalue weighted by Gasteiger charge is -2.07. The molecular formula is C10H11Br3O. The van der Waals surface area contributed by atoms with Crippen LogP contribution in [0.2, 0.25) is 0 Å². The Kier molecular flexibility index (Phi) is 6.33. The molecule has 0 saturated carbocycles. The molecule has 0 aliphatic carbocycles. The molecule has 0 N–H and O–H groups in total. The summed E-state index contributed by atoms with van der Waals surface area (Å²) in [5.74, 6) is 0. The Bertz CT molecular complexity index is 261. The first-order chi connectivity index (χ1) is 6.72. The van der Waals surface area contributed by atoms with Gasteiger partial charge in [0.2, 0.25) is 0 Å². The lowest BCUT2D eigenvalue weighted by molar-refractivity contribution is 0.126. The molecule has 0 fully saturated rings. The number of hydrogen-bond acceptors (Lipinski definition) is 1. The first-order valence-corrected chi connectivity index (χ1v) is 7.07. The van der Waals surface area contributed by atoms with Crippen molar-refractivity contribution in [3.8, 4) is 0 Å². The van der Waals surface area contributed by atoms with Gasteiger partial charge in [-0.2, -0.15) is 0 Å². The zero-order chi connectivity index (χ0) is 10.4. The Morgan fingerprint density at radius 3 is 2.43 bits per heavy atom. The molecule has 4 heteroatoms. The minimum absolute atomic E-state index is 0.387. The average molecular weight is 387 g/mol. The van der Waals surface area contributed by atoms with Gasteiger partial charge in [0.15, 0.2) is 0 Å². The van der Waals surface area contributed by atoms with E-state index in [9.17, 15) is 0 Å². The van der Waals surface area contributed by atoms with Crippen molar-refractivity contribution in [2.24, 2.45) is 0 Å². The molecule has 1 atom stereocenters. The Balaban J connectivity index is 2.28. The topological polar surface area (TPSA) is 9.23 Å². The van der Waals surface area contributed by atoms with Crippen molar-refractivity contribution in [3.05, 3.63) is 34.3 Å². The molecule has 1 aromatic rings. The minimum atomic E-state index is 0.387. The highest BCUT2D eigenvalue weighted by molar-refractivity contribution is 9.12. The van der Waals surface area contributed by atoms with Crippen LogP contribution in [0.1, 0.15) is 5.56 Å². The van der Waals surface area contributed by atoms with Gasteiger partial charge in [0.1, 0.15) is 0 Å². The third-order valence-corrected chi connectivity index (χ3v) is 4.42. The van der Waals surface area contributed by atoms with Gasteiger partial charge in [0.25, 0.3) is 0 Å². The number of rotatable bonds is 5. The second kappa shape index (κ2) is 6.99. The molecule has 0 saturated heterocycles. The van der Waals surface area contributed by atoms with E-state index in [1.807, 2.05) is 12.1 Å². The second-order valence-electron chi connectivity index (χ2n) is 2.89. The van der Waals surface area contributed by atoms with Crippen molar-refractivity contribution >= 4 is 47.8 Å². The van der Waals surface area contributed by atoms with Crippen LogP contribution in [0.15, 0.2) is 28.7 Å². The van der Waals surface area contributed by atoms with Crippen LogP contribution < -0.4 is 0 Å². The summed E-state index contributed by atoms with van der Waals surface area (Å²) in [4.78, 5) is 0.387. The zero-order valence-electron chi connectivity index (χ0n) is 7.55. The molecule has 1 aromatic carbocycles. The first-order valence-electron chi connectivity index (χ1n) is 4.24. The summed E-state index contributed by atoms with van der Waals surface area (Å²) in [7, 11) is 0. The van der Waals surface area contributed by atoms with Gasteiger partial charge in [-0.25, -0.2) is 0 Å². The molecule has 14 heavy (non-hydrogen) atoms. The monoisotopic (exact) mass is 384 g/mol. The van der Waals surface area contributed by atoms with E-state index in [-0.39, 0.29) is 0 Å². The van der Waals surface area contributed by atoms with Crippen molar-refractivity contribution in [1.82, 2.24) is 0 Å². The average Bonchev–Trinajstić information content (AvgIpc) is 2.21. The number of halogens is 3. The maximum Gasteiger partial charge on any atom is 0.0717 e. The number of benzene rings is 1. The fraction of sp³-hybridized carbons (Fsp3) is 0.400. The van der Waals surface area contributed by atoms with Crippen LogP contribution in [0.3, 0.4) is 0 Å². The molecule has 1 rings (SSSR count). The lowest BCUT2D eigenvalue weighted by atomic mass is 10.2. The van der Waals surface area contributed by atoms with Crippen LogP contribution in [0.5, 0.6) is 0 Å². The highest BCUT2D eigenvalue weighted by Gasteiger charge is 2.01. The number of alkyl halides is 2. The summed E-state index contributed by atoms with van der Waals surface area (Å²) in [5, 5.41) is 0.910. The van der Waals surface area contributed by atoms with E-state index in [4.69, 9.17) is 4.74 Å². The van der Waals surface area contributed by atoms with Crippen LogP contribution in [0, 0.1) is 0 Å². The largest absolute Gasteiger partial charge is 0.376 e. The van der Waals surface area contributed by atoms with Crippen molar-refractivity contribution in [2.45, 2.75) is 11.4 Å². The Morgan fingerprint density at radius 2 is 1.86 bits per heavy atom. The van der Waals surface area contributed by atoms with Gasteiger partial charge in [-0.15, -0.1) is 0 Å². The molecule has 0 aromatic heterocycles. The molecule has 78 valence electrons. The maximum atomic E-state index is 5.52. The molecule has 1 nitrogen and oxygen atoms in total. The maximum absolute atomic E-state index is 5.52. The highest BCUT2D eigenvalue weighted by atomic mass is 79.9. The molecule has 1 unspecified atom stereocenters. The molecular weight excluding hydrogens is 376 g/mol. The Hall–Kier alpha value is 0.620. The fourth-order valence-corrected chi connectivity index (χ4v) is 1.57. The van der Waals surface area contributed by atoms with Gasteiger partial charge in [-0.05, 0) is 17.7 Å². The SMILES string of the molecule is BrCC(Br)COCc1ccc(Br)cc1. The van der Waals surface area contributed by atoms with Crippen molar-refractivity contribution < 1.29 is 4.74 Å². The van der Waals surface area contributed by atoms with Crippen LogP contribution in [-0.2, 0) is 11.3 Å². The molecule has 0 aliphatic heterocycles. The van der Waals surface area contributed by atoms with Crippen LogP contribution >= 0.6 is 47.8 Å². The van der Waals surface area contributed by atoms with Gasteiger partial charge >= 0.3 is 0 Å². The quantitative estimate of drug-likeness (QED) is 0.691. The van der Waals surface area contributed by atoms with E-state index >= 15 is 0 Å². The first kappa shape index (κ1) is 12.7. The van der Waals surface area contributed by atoms with Crippen molar-refractivity contribution in [3.63, 3.8) is 0 Å². The molecule has 0 aliphatic rings. The normalized spacial score (nSPS) is 12.8. The minimum Gasteiger partial charge on any atom is -0.376 e. The van der Waals surface area contributed by atoms with E-state index < -0.39 is 0 Å². The Labute approximate surface area is 110 Å². The van der Waals surface area contributed by atoms with Crippen LogP contribution in [0.4, 0.5) is 0 Å². The lowest BCUT2D eigenvalue weighted by Crippen LogP contribution is -2.09.